The van der Waals surface area contributed by atoms with Crippen molar-refractivity contribution in [2.45, 2.75) is 13.3 Å². The summed E-state index contributed by atoms with van der Waals surface area (Å²) < 4.78 is 2.00. The van der Waals surface area contributed by atoms with Crippen LogP contribution in [0.2, 0.25) is 0 Å². The number of hydrogen-bond donors (Lipinski definition) is 0. The van der Waals surface area contributed by atoms with Gasteiger partial charge in [0, 0.05) is 0 Å². The molecule has 0 aliphatic carbocycles. The molecule has 9 heavy (non-hydrogen) atoms. The van der Waals surface area contributed by atoms with Gasteiger partial charge in [-0.15, -0.1) is 11.3 Å². The monoisotopic (exact) mass is 269 g/mol. The van der Waals surface area contributed by atoms with E-state index in [1.807, 2.05) is 0 Å². The molecule has 1 aromatic rings. The molecule has 0 fully saturated rings. The number of aryl methyl sites for hydroxylation is 1. The van der Waals surface area contributed by atoms with Gasteiger partial charge in [-0.1, -0.05) is 6.92 Å². The first-order valence-corrected chi connectivity index (χ1v) is 4.95. The van der Waals surface area contributed by atoms with E-state index in [0.717, 1.165) is 19.8 Å². The number of thiazole rings is 1. The first-order valence-electron chi connectivity index (χ1n) is 2.54. The maximum Gasteiger partial charge on any atom is 0.131 e. The Morgan fingerprint density at radius 2 is 2.22 bits per heavy atom. The number of nitrogens with zero attached hydrogens (tertiary/aromatic N) is 1. The summed E-state index contributed by atoms with van der Waals surface area (Å²) in [7, 11) is 0. The maximum atomic E-state index is 4.22. The van der Waals surface area contributed by atoms with Crippen molar-refractivity contribution < 1.29 is 0 Å². The number of rotatable bonds is 1. The van der Waals surface area contributed by atoms with E-state index in [1.54, 1.807) is 11.3 Å². The Morgan fingerprint density at radius 3 is 2.44 bits per heavy atom. The highest BCUT2D eigenvalue weighted by Crippen LogP contribution is 2.28. The minimum Gasteiger partial charge on any atom is -0.233 e. The van der Waals surface area contributed by atoms with Crippen LogP contribution in [-0.2, 0) is 6.42 Å². The molecule has 0 aromatic carbocycles. The van der Waals surface area contributed by atoms with E-state index in [2.05, 4.69) is 43.8 Å². The van der Waals surface area contributed by atoms with Crippen LogP contribution in [-0.4, -0.2) is 4.98 Å². The Morgan fingerprint density at radius 1 is 1.56 bits per heavy atom. The lowest BCUT2D eigenvalue weighted by Gasteiger charge is -1.78. The molecule has 0 bridgehead atoms. The average Bonchev–Trinajstić information content (AvgIpc) is 2.13. The SMILES string of the molecule is CCc1nc(Br)c(Br)s1. The molecule has 0 radical (unpaired) electrons. The summed E-state index contributed by atoms with van der Waals surface area (Å²) >= 11 is 8.35. The predicted octanol–water partition coefficient (Wildman–Crippen LogP) is 3.23. The van der Waals surface area contributed by atoms with Gasteiger partial charge in [-0.05, 0) is 38.3 Å². The van der Waals surface area contributed by atoms with E-state index in [0.29, 0.717) is 0 Å². The lowest BCUT2D eigenvalue weighted by atomic mass is 10.5. The van der Waals surface area contributed by atoms with Gasteiger partial charge in [-0.2, -0.15) is 0 Å². The average molecular weight is 271 g/mol. The molecule has 0 N–H and O–H groups in total. The van der Waals surface area contributed by atoms with E-state index in [9.17, 15) is 0 Å². The fraction of sp³-hybridized carbons (Fsp3) is 0.400. The first-order chi connectivity index (χ1) is 4.24. The second-order valence-corrected chi connectivity index (χ2v) is 4.68. The van der Waals surface area contributed by atoms with E-state index >= 15 is 0 Å². The second-order valence-electron chi connectivity index (χ2n) is 1.53. The van der Waals surface area contributed by atoms with E-state index in [1.165, 1.54) is 0 Å². The minimum absolute atomic E-state index is 0.921. The number of aromatic nitrogens is 1. The highest BCUT2D eigenvalue weighted by Gasteiger charge is 2.02. The van der Waals surface area contributed by atoms with Crippen molar-refractivity contribution in [2.24, 2.45) is 0 Å². The van der Waals surface area contributed by atoms with Crippen LogP contribution in [0.4, 0.5) is 0 Å². The summed E-state index contributed by atoms with van der Waals surface area (Å²) in [6.45, 7) is 2.09. The van der Waals surface area contributed by atoms with Gasteiger partial charge in [0.15, 0.2) is 0 Å². The highest BCUT2D eigenvalue weighted by molar-refractivity contribution is 9.13. The lowest BCUT2D eigenvalue weighted by Crippen LogP contribution is -1.72. The summed E-state index contributed by atoms with van der Waals surface area (Å²) in [5.74, 6) is 0. The van der Waals surface area contributed by atoms with Crippen molar-refractivity contribution in [2.75, 3.05) is 0 Å². The third-order valence-electron chi connectivity index (χ3n) is 0.895. The van der Waals surface area contributed by atoms with Crippen molar-refractivity contribution in [3.8, 4) is 0 Å². The first kappa shape index (κ1) is 7.69. The molecule has 0 saturated carbocycles. The van der Waals surface area contributed by atoms with Crippen LogP contribution in [0.5, 0.6) is 0 Å². The van der Waals surface area contributed by atoms with Crippen molar-refractivity contribution in [1.82, 2.24) is 4.98 Å². The molecule has 1 nitrogen and oxygen atoms in total. The fourth-order valence-electron chi connectivity index (χ4n) is 0.473. The molecular weight excluding hydrogens is 266 g/mol. The summed E-state index contributed by atoms with van der Waals surface area (Å²) in [6.07, 6.45) is 1.01. The van der Waals surface area contributed by atoms with Crippen LogP contribution in [0, 0.1) is 0 Å². The maximum absolute atomic E-state index is 4.22. The van der Waals surface area contributed by atoms with Crippen LogP contribution in [0.1, 0.15) is 11.9 Å². The molecule has 0 aliphatic heterocycles. The lowest BCUT2D eigenvalue weighted by molar-refractivity contribution is 1.08. The molecule has 0 spiro atoms. The highest BCUT2D eigenvalue weighted by atomic mass is 79.9. The Bertz CT molecular complexity index is 189. The summed E-state index contributed by atoms with van der Waals surface area (Å²) in [5.41, 5.74) is 0. The van der Waals surface area contributed by atoms with Gasteiger partial charge in [0.1, 0.15) is 8.39 Å². The van der Waals surface area contributed by atoms with Gasteiger partial charge < -0.3 is 0 Å². The van der Waals surface area contributed by atoms with Crippen LogP contribution < -0.4 is 0 Å². The van der Waals surface area contributed by atoms with Crippen LogP contribution in [0.25, 0.3) is 0 Å². The Hall–Kier alpha value is 0.590. The van der Waals surface area contributed by atoms with Crippen LogP contribution >= 0.6 is 43.2 Å². The third kappa shape index (κ3) is 1.75. The topological polar surface area (TPSA) is 12.9 Å². The van der Waals surface area contributed by atoms with Crippen LogP contribution in [0.15, 0.2) is 8.39 Å². The smallest absolute Gasteiger partial charge is 0.131 e. The molecule has 4 heteroatoms. The second kappa shape index (κ2) is 3.12. The van der Waals surface area contributed by atoms with Gasteiger partial charge in [0.2, 0.25) is 0 Å². The van der Waals surface area contributed by atoms with Crippen LogP contribution in [0.3, 0.4) is 0 Å². The van der Waals surface area contributed by atoms with E-state index in [-0.39, 0.29) is 0 Å². The number of halogens is 2. The van der Waals surface area contributed by atoms with Crippen molar-refractivity contribution in [3.63, 3.8) is 0 Å². The van der Waals surface area contributed by atoms with Crippen molar-refractivity contribution in [3.05, 3.63) is 13.4 Å². The quantitative estimate of drug-likeness (QED) is 0.764. The molecule has 0 aliphatic rings. The molecule has 0 saturated heterocycles. The molecule has 0 atom stereocenters. The van der Waals surface area contributed by atoms with Gasteiger partial charge in [-0.25, -0.2) is 4.98 Å². The molecule has 1 aromatic heterocycles. The third-order valence-corrected chi connectivity index (χ3v) is 4.11. The zero-order chi connectivity index (χ0) is 6.85. The summed E-state index contributed by atoms with van der Waals surface area (Å²) in [4.78, 5) is 4.22. The largest absolute Gasteiger partial charge is 0.233 e. The Labute approximate surface area is 74.8 Å². The Kier molecular flexibility index (Phi) is 2.67. The predicted molar refractivity (Wildman–Crippen MR) is 46.9 cm³/mol. The van der Waals surface area contributed by atoms with Crippen molar-refractivity contribution in [1.29, 1.82) is 0 Å². The summed E-state index contributed by atoms with van der Waals surface area (Å²) in [5, 5.41) is 1.16. The summed E-state index contributed by atoms with van der Waals surface area (Å²) in [6, 6.07) is 0. The van der Waals surface area contributed by atoms with Gasteiger partial charge in [0.25, 0.3) is 0 Å². The zero-order valence-electron chi connectivity index (χ0n) is 4.82. The normalized spacial score (nSPS) is 10.1. The molecule has 50 valence electrons. The van der Waals surface area contributed by atoms with Gasteiger partial charge in [-0.3, -0.25) is 0 Å². The van der Waals surface area contributed by atoms with E-state index in [4.69, 9.17) is 0 Å². The molecule has 0 amide bonds. The Balaban J connectivity index is 2.98. The zero-order valence-corrected chi connectivity index (χ0v) is 8.81. The van der Waals surface area contributed by atoms with E-state index < -0.39 is 0 Å². The van der Waals surface area contributed by atoms with Gasteiger partial charge >= 0.3 is 0 Å². The van der Waals surface area contributed by atoms with Crippen molar-refractivity contribution >= 4 is 43.2 Å². The van der Waals surface area contributed by atoms with Gasteiger partial charge in [0.05, 0.1) is 5.01 Å². The molecule has 1 heterocycles. The number of hydrogen-bond acceptors (Lipinski definition) is 2. The standard InChI is InChI=1S/C5H5Br2NS/c1-2-3-8-4(6)5(7)9-3/h2H2,1H3. The molecule has 1 rings (SSSR count). The fourth-order valence-corrected chi connectivity index (χ4v) is 2.31. The molecule has 0 unspecified atom stereocenters. The minimum atomic E-state index is 0.921. The molecular formula is C5H5Br2NS.